The zero-order chi connectivity index (χ0) is 22.5. The van der Waals surface area contributed by atoms with E-state index in [2.05, 4.69) is 15.5 Å². The number of hydrogen-bond acceptors (Lipinski definition) is 8. The van der Waals surface area contributed by atoms with Crippen molar-refractivity contribution in [3.8, 4) is 0 Å². The number of carbonyl (C=O) groups excluding carboxylic acids is 1. The molecule has 32 heavy (non-hydrogen) atoms. The van der Waals surface area contributed by atoms with Gasteiger partial charge in [0.05, 0.1) is 18.8 Å². The van der Waals surface area contributed by atoms with Crippen LogP contribution in [0.25, 0.3) is 0 Å². The van der Waals surface area contributed by atoms with Crippen molar-refractivity contribution in [2.24, 2.45) is 0 Å². The Morgan fingerprint density at radius 1 is 1.19 bits per heavy atom. The maximum Gasteiger partial charge on any atom is 0.221 e. The zero-order valence-corrected chi connectivity index (χ0v) is 19.5. The molecule has 0 spiro atoms. The molecule has 0 radical (unpaired) electrons. The van der Waals surface area contributed by atoms with E-state index in [1.807, 2.05) is 55.5 Å². The molecule has 1 saturated heterocycles. The molecular formula is C23H25N3O4S2. The molecule has 0 unspecified atom stereocenters. The van der Waals surface area contributed by atoms with Gasteiger partial charge in [-0.3, -0.25) is 4.79 Å². The number of anilines is 1. The van der Waals surface area contributed by atoms with Crippen molar-refractivity contribution in [3.05, 3.63) is 70.2 Å². The Labute approximate surface area is 195 Å². The molecule has 7 nitrogen and oxygen atoms in total. The Kier molecular flexibility index (Phi) is 7.54. The van der Waals surface area contributed by atoms with E-state index in [-0.39, 0.29) is 24.7 Å². The molecule has 1 fully saturated rings. The van der Waals surface area contributed by atoms with E-state index in [0.717, 1.165) is 31.8 Å². The minimum absolute atomic E-state index is 0.00795. The molecule has 2 heterocycles. The second-order valence-electron chi connectivity index (χ2n) is 7.55. The van der Waals surface area contributed by atoms with E-state index in [1.165, 1.54) is 6.92 Å². The van der Waals surface area contributed by atoms with Gasteiger partial charge in [-0.2, -0.15) is 0 Å². The quantitative estimate of drug-likeness (QED) is 0.485. The lowest BCUT2D eigenvalue weighted by atomic mass is 10.0. The van der Waals surface area contributed by atoms with Gasteiger partial charge in [-0.1, -0.05) is 59.5 Å². The highest BCUT2D eigenvalue weighted by atomic mass is 32.2. The lowest BCUT2D eigenvalue weighted by Crippen LogP contribution is -2.31. The number of aliphatic hydroxyl groups is 1. The van der Waals surface area contributed by atoms with Crippen LogP contribution in [-0.4, -0.2) is 33.1 Å². The third-order valence-electron chi connectivity index (χ3n) is 4.99. The predicted octanol–water partition coefficient (Wildman–Crippen LogP) is 4.63. The van der Waals surface area contributed by atoms with Crippen LogP contribution in [0.15, 0.2) is 52.9 Å². The Bertz CT molecular complexity index is 1060. The summed E-state index contributed by atoms with van der Waals surface area (Å²) in [4.78, 5) is 11.5. The first kappa shape index (κ1) is 22.9. The second kappa shape index (κ2) is 10.5. The second-order valence-corrected chi connectivity index (χ2v) is 10.0. The fraction of sp³-hybridized carbons (Fsp3) is 0.348. The highest BCUT2D eigenvalue weighted by Gasteiger charge is 2.32. The molecular weight excluding hydrogens is 446 g/mol. The van der Waals surface area contributed by atoms with Gasteiger partial charge < -0.3 is 19.9 Å². The number of amides is 1. The first-order valence-corrected chi connectivity index (χ1v) is 12.1. The van der Waals surface area contributed by atoms with E-state index < -0.39 is 6.29 Å². The average molecular weight is 472 g/mol. The van der Waals surface area contributed by atoms with Gasteiger partial charge in [-0.25, -0.2) is 0 Å². The normalized spacial score (nSPS) is 20.8. The molecule has 0 bridgehead atoms. The molecule has 1 aromatic heterocycles. The summed E-state index contributed by atoms with van der Waals surface area (Å²) in [6.07, 6.45) is -0.0881. The molecule has 168 valence electrons. The first-order chi connectivity index (χ1) is 15.5. The molecule has 4 rings (SSSR count). The van der Waals surface area contributed by atoms with Crippen molar-refractivity contribution >= 4 is 34.7 Å². The third kappa shape index (κ3) is 5.93. The van der Waals surface area contributed by atoms with Gasteiger partial charge in [0.15, 0.2) is 10.6 Å². The number of ether oxygens (including phenoxy) is 2. The highest BCUT2D eigenvalue weighted by molar-refractivity contribution is 8.01. The van der Waals surface area contributed by atoms with E-state index in [0.29, 0.717) is 12.1 Å². The van der Waals surface area contributed by atoms with Gasteiger partial charge >= 0.3 is 0 Å². The number of aryl methyl sites for hydroxylation is 1. The summed E-state index contributed by atoms with van der Waals surface area (Å²) in [5, 5.41) is 21.4. The first-order valence-electron chi connectivity index (χ1n) is 10.3. The average Bonchev–Trinajstić information content (AvgIpc) is 3.22. The summed E-state index contributed by atoms with van der Waals surface area (Å²) in [6, 6.07) is 15.3. The molecule has 9 heteroatoms. The largest absolute Gasteiger partial charge is 0.392 e. The molecule has 0 aliphatic carbocycles. The van der Waals surface area contributed by atoms with Crippen molar-refractivity contribution in [3.63, 3.8) is 0 Å². The molecule has 1 aliphatic heterocycles. The highest BCUT2D eigenvalue weighted by Crippen LogP contribution is 2.40. The van der Waals surface area contributed by atoms with Crippen LogP contribution in [-0.2, 0) is 20.9 Å². The number of benzene rings is 2. The minimum Gasteiger partial charge on any atom is -0.392 e. The van der Waals surface area contributed by atoms with E-state index in [1.54, 1.807) is 23.1 Å². The summed E-state index contributed by atoms with van der Waals surface area (Å²) in [5.41, 5.74) is 3.44. The Hall–Kier alpha value is -2.30. The molecule has 3 aromatic rings. The standard InChI is InChI=1S/C23H25N3O4S2/c1-14(28)24-19-5-3-4-18(10-19)22-29-20(13-31-23-26-25-15(2)32-23)11-21(30-22)17-8-6-16(12-27)7-9-17/h3-10,20-22,27H,11-13H2,1-2H3,(H,24,28)/t20-,21+,22+/m0/s1. The van der Waals surface area contributed by atoms with Crippen molar-refractivity contribution in [1.82, 2.24) is 10.2 Å². The third-order valence-corrected chi connectivity index (χ3v) is 7.10. The van der Waals surface area contributed by atoms with Crippen molar-refractivity contribution in [1.29, 1.82) is 0 Å². The van der Waals surface area contributed by atoms with Gasteiger partial charge in [0.2, 0.25) is 5.91 Å². The van der Waals surface area contributed by atoms with E-state index in [9.17, 15) is 9.90 Å². The van der Waals surface area contributed by atoms with Crippen LogP contribution in [0.5, 0.6) is 0 Å². The van der Waals surface area contributed by atoms with Crippen LogP contribution in [0.2, 0.25) is 0 Å². The Balaban J connectivity index is 1.54. The van der Waals surface area contributed by atoms with E-state index >= 15 is 0 Å². The molecule has 0 saturated carbocycles. The van der Waals surface area contributed by atoms with Crippen molar-refractivity contribution in [2.45, 2.75) is 49.7 Å². The fourth-order valence-electron chi connectivity index (χ4n) is 3.49. The number of aliphatic hydroxyl groups excluding tert-OH is 1. The molecule has 1 amide bonds. The molecule has 2 aromatic carbocycles. The van der Waals surface area contributed by atoms with Gasteiger partial charge in [-0.05, 0) is 30.2 Å². The smallest absolute Gasteiger partial charge is 0.221 e. The van der Waals surface area contributed by atoms with Crippen LogP contribution in [0, 0.1) is 6.92 Å². The van der Waals surface area contributed by atoms with Crippen LogP contribution >= 0.6 is 23.1 Å². The van der Waals surface area contributed by atoms with Crippen molar-refractivity contribution < 1.29 is 19.4 Å². The fourth-order valence-corrected chi connectivity index (χ4v) is 5.35. The van der Waals surface area contributed by atoms with Crippen LogP contribution in [0.4, 0.5) is 5.69 Å². The number of hydrogen-bond donors (Lipinski definition) is 2. The number of aromatic nitrogens is 2. The maximum atomic E-state index is 11.5. The Morgan fingerprint density at radius 3 is 2.69 bits per heavy atom. The zero-order valence-electron chi connectivity index (χ0n) is 17.9. The summed E-state index contributed by atoms with van der Waals surface area (Å²) in [6.45, 7) is 3.43. The lowest BCUT2D eigenvalue weighted by Gasteiger charge is -2.36. The number of carbonyl (C=O) groups is 1. The maximum absolute atomic E-state index is 11.5. The SMILES string of the molecule is CC(=O)Nc1cccc([C@@H]2O[C@H](CSc3nnc(C)s3)C[C@H](c3ccc(CO)cc3)O2)c1. The summed E-state index contributed by atoms with van der Waals surface area (Å²) >= 11 is 3.21. The lowest BCUT2D eigenvalue weighted by molar-refractivity contribution is -0.245. The summed E-state index contributed by atoms with van der Waals surface area (Å²) < 4.78 is 13.6. The number of rotatable bonds is 7. The monoisotopic (exact) mass is 471 g/mol. The summed E-state index contributed by atoms with van der Waals surface area (Å²) in [5.74, 6) is 0.599. The van der Waals surface area contributed by atoms with Crippen LogP contribution in [0.1, 0.15) is 47.4 Å². The number of nitrogens with zero attached hydrogens (tertiary/aromatic N) is 2. The Morgan fingerprint density at radius 2 is 2.00 bits per heavy atom. The van der Waals surface area contributed by atoms with Gasteiger partial charge in [0, 0.05) is 30.3 Å². The van der Waals surface area contributed by atoms with Crippen LogP contribution in [0.3, 0.4) is 0 Å². The van der Waals surface area contributed by atoms with E-state index in [4.69, 9.17) is 9.47 Å². The van der Waals surface area contributed by atoms with Crippen LogP contribution < -0.4 is 5.32 Å². The minimum atomic E-state index is -0.568. The predicted molar refractivity (Wildman–Crippen MR) is 125 cm³/mol. The van der Waals surface area contributed by atoms with Crippen molar-refractivity contribution in [2.75, 3.05) is 11.1 Å². The number of thioether (sulfide) groups is 1. The molecule has 2 N–H and O–H groups in total. The molecule has 1 aliphatic rings. The van der Waals surface area contributed by atoms with Gasteiger partial charge in [0.25, 0.3) is 0 Å². The number of nitrogens with one attached hydrogen (secondary N) is 1. The molecule has 3 atom stereocenters. The summed E-state index contributed by atoms with van der Waals surface area (Å²) in [7, 11) is 0. The van der Waals surface area contributed by atoms with Gasteiger partial charge in [0.1, 0.15) is 5.01 Å². The van der Waals surface area contributed by atoms with Gasteiger partial charge in [-0.15, -0.1) is 10.2 Å². The topological polar surface area (TPSA) is 93.6 Å².